The molecule has 0 aliphatic heterocycles. The van der Waals surface area contributed by atoms with Crippen LogP contribution in [0.15, 0.2) is 17.0 Å². The van der Waals surface area contributed by atoms with E-state index in [1.54, 1.807) is 0 Å². The first-order valence-electron chi connectivity index (χ1n) is 3.71. The molecule has 0 bridgehead atoms. The van der Waals surface area contributed by atoms with Gasteiger partial charge in [0.25, 0.3) is 0 Å². The van der Waals surface area contributed by atoms with Gasteiger partial charge in [0.15, 0.2) is 0 Å². The quantitative estimate of drug-likeness (QED) is 0.567. The van der Waals surface area contributed by atoms with Gasteiger partial charge < -0.3 is 11.5 Å². The minimum atomic E-state index is -4.30. The summed E-state index contributed by atoms with van der Waals surface area (Å²) in [5, 5.41) is 0. The zero-order chi connectivity index (χ0) is 10.9. The Morgan fingerprint density at radius 1 is 1.21 bits per heavy atom. The Morgan fingerprint density at radius 2 is 1.79 bits per heavy atom. The summed E-state index contributed by atoms with van der Waals surface area (Å²) >= 11 is -0.185. The fourth-order valence-electron chi connectivity index (χ4n) is 0.965. The van der Waals surface area contributed by atoms with E-state index in [9.17, 15) is 13.2 Å². The van der Waals surface area contributed by atoms with Crippen molar-refractivity contribution in [3.63, 3.8) is 0 Å². The van der Waals surface area contributed by atoms with E-state index in [-0.39, 0.29) is 22.3 Å². The third-order valence-corrected chi connectivity index (χ3v) is 2.62. The van der Waals surface area contributed by atoms with E-state index in [4.69, 9.17) is 11.5 Å². The number of nitrogens with two attached hydrogens (primary N) is 2. The van der Waals surface area contributed by atoms with Gasteiger partial charge >= 0.3 is 5.51 Å². The molecule has 1 aromatic rings. The van der Waals surface area contributed by atoms with Crippen LogP contribution < -0.4 is 11.5 Å². The normalized spacial score (nSPS) is 11.7. The van der Waals surface area contributed by atoms with Crippen LogP contribution in [0.2, 0.25) is 0 Å². The Kier molecular flexibility index (Phi) is 2.84. The molecule has 1 rings (SSSR count). The van der Waals surface area contributed by atoms with Crippen LogP contribution in [0.4, 0.5) is 24.5 Å². The summed E-state index contributed by atoms with van der Waals surface area (Å²) in [4.78, 5) is 0.0872. The molecule has 0 amide bonds. The first-order chi connectivity index (χ1) is 6.31. The van der Waals surface area contributed by atoms with Crippen LogP contribution >= 0.6 is 11.8 Å². The maximum Gasteiger partial charge on any atom is 0.446 e. The maximum atomic E-state index is 12.0. The third-order valence-electron chi connectivity index (χ3n) is 1.72. The predicted molar refractivity (Wildman–Crippen MR) is 51.9 cm³/mol. The van der Waals surface area contributed by atoms with Gasteiger partial charge in [-0.15, -0.1) is 0 Å². The van der Waals surface area contributed by atoms with Gasteiger partial charge in [0.05, 0.1) is 11.4 Å². The van der Waals surface area contributed by atoms with Gasteiger partial charge in [0, 0.05) is 4.90 Å². The topological polar surface area (TPSA) is 52.0 Å². The number of thioether (sulfide) groups is 1. The van der Waals surface area contributed by atoms with E-state index in [1.165, 1.54) is 19.1 Å². The summed E-state index contributed by atoms with van der Waals surface area (Å²) < 4.78 is 36.1. The van der Waals surface area contributed by atoms with E-state index in [1.807, 2.05) is 0 Å². The number of nitrogen functional groups attached to an aromatic ring is 2. The molecule has 0 unspecified atom stereocenters. The third kappa shape index (κ3) is 2.47. The van der Waals surface area contributed by atoms with E-state index in [2.05, 4.69) is 0 Å². The zero-order valence-electron chi connectivity index (χ0n) is 7.35. The number of alkyl halides is 3. The lowest BCUT2D eigenvalue weighted by Gasteiger charge is -2.11. The first kappa shape index (κ1) is 11.0. The van der Waals surface area contributed by atoms with Crippen LogP contribution in [0.5, 0.6) is 0 Å². The molecule has 2 nitrogen and oxygen atoms in total. The summed E-state index contributed by atoms with van der Waals surface area (Å²) in [6, 6.07) is 2.69. The largest absolute Gasteiger partial charge is 0.446 e. The second-order valence-electron chi connectivity index (χ2n) is 2.74. The molecule has 78 valence electrons. The van der Waals surface area contributed by atoms with Crippen molar-refractivity contribution in [2.45, 2.75) is 17.3 Å². The molecule has 0 aromatic heterocycles. The molecule has 0 aliphatic carbocycles. The highest BCUT2D eigenvalue weighted by molar-refractivity contribution is 8.00. The Morgan fingerprint density at radius 3 is 2.29 bits per heavy atom. The van der Waals surface area contributed by atoms with Crippen LogP contribution in [0.1, 0.15) is 5.56 Å². The SMILES string of the molecule is Cc1c(SC(F)(F)F)ccc(N)c1N. The van der Waals surface area contributed by atoms with Gasteiger partial charge in [-0.05, 0) is 36.4 Å². The summed E-state index contributed by atoms with van der Waals surface area (Å²) in [7, 11) is 0. The molecule has 0 saturated heterocycles. The molecule has 0 aliphatic rings. The predicted octanol–water partition coefficient (Wildman–Crippen LogP) is 2.77. The molecule has 0 atom stereocenters. The molecule has 0 heterocycles. The number of hydrogen-bond donors (Lipinski definition) is 2. The lowest BCUT2D eigenvalue weighted by atomic mass is 10.2. The Balaban J connectivity index is 3.06. The van der Waals surface area contributed by atoms with Gasteiger partial charge in [-0.3, -0.25) is 0 Å². The van der Waals surface area contributed by atoms with Crippen molar-refractivity contribution in [2.75, 3.05) is 11.5 Å². The molecule has 0 fully saturated rings. The number of halogens is 3. The highest BCUT2D eigenvalue weighted by Gasteiger charge is 2.30. The van der Waals surface area contributed by atoms with E-state index in [0.29, 0.717) is 11.3 Å². The van der Waals surface area contributed by atoms with Gasteiger partial charge in [0.2, 0.25) is 0 Å². The molecule has 6 heteroatoms. The summed E-state index contributed by atoms with van der Waals surface area (Å²) in [6.45, 7) is 1.51. The highest BCUT2D eigenvalue weighted by atomic mass is 32.2. The van der Waals surface area contributed by atoms with Gasteiger partial charge in [-0.2, -0.15) is 13.2 Å². The maximum absolute atomic E-state index is 12.0. The molecular weight excluding hydrogens is 213 g/mol. The van der Waals surface area contributed by atoms with E-state index >= 15 is 0 Å². The fraction of sp³-hybridized carbons (Fsp3) is 0.250. The van der Waals surface area contributed by atoms with Crippen molar-refractivity contribution < 1.29 is 13.2 Å². The Bertz CT molecular complexity index is 349. The van der Waals surface area contributed by atoms with Crippen molar-refractivity contribution in [1.82, 2.24) is 0 Å². The van der Waals surface area contributed by atoms with Crippen LogP contribution in [0.25, 0.3) is 0 Å². The van der Waals surface area contributed by atoms with Gasteiger partial charge in [-0.1, -0.05) is 0 Å². The van der Waals surface area contributed by atoms with Gasteiger partial charge in [-0.25, -0.2) is 0 Å². The standard InChI is InChI=1S/C8H9F3N2S/c1-4-6(14-8(9,10)11)3-2-5(12)7(4)13/h2-3H,12-13H2,1H3. The number of benzene rings is 1. The highest BCUT2D eigenvalue weighted by Crippen LogP contribution is 2.40. The molecule has 0 saturated carbocycles. The molecule has 14 heavy (non-hydrogen) atoms. The minimum Gasteiger partial charge on any atom is -0.397 e. The van der Waals surface area contributed by atoms with Gasteiger partial charge in [0.1, 0.15) is 0 Å². The van der Waals surface area contributed by atoms with Crippen LogP contribution in [0, 0.1) is 6.92 Å². The Labute approximate surface area is 83.5 Å². The van der Waals surface area contributed by atoms with Crippen molar-refractivity contribution in [2.24, 2.45) is 0 Å². The zero-order valence-corrected chi connectivity index (χ0v) is 8.17. The number of anilines is 2. The van der Waals surface area contributed by atoms with Crippen molar-refractivity contribution in [3.05, 3.63) is 17.7 Å². The molecule has 0 spiro atoms. The molecule has 4 N–H and O–H groups in total. The van der Waals surface area contributed by atoms with Crippen LogP contribution in [-0.2, 0) is 0 Å². The fourth-order valence-corrected chi connectivity index (χ4v) is 1.61. The minimum absolute atomic E-state index is 0.0872. The lowest BCUT2D eigenvalue weighted by molar-refractivity contribution is -0.0328. The first-order valence-corrected chi connectivity index (χ1v) is 4.53. The summed E-state index contributed by atoms with van der Waals surface area (Å²) in [6.07, 6.45) is 0. The van der Waals surface area contributed by atoms with E-state index < -0.39 is 5.51 Å². The average molecular weight is 222 g/mol. The second-order valence-corrected chi connectivity index (χ2v) is 3.85. The van der Waals surface area contributed by atoms with Crippen molar-refractivity contribution in [1.29, 1.82) is 0 Å². The van der Waals surface area contributed by atoms with E-state index in [0.717, 1.165) is 0 Å². The van der Waals surface area contributed by atoms with Crippen LogP contribution in [0.3, 0.4) is 0 Å². The molecule has 1 aromatic carbocycles. The smallest absolute Gasteiger partial charge is 0.397 e. The average Bonchev–Trinajstić information content (AvgIpc) is 2.04. The Hall–Kier alpha value is -1.04. The van der Waals surface area contributed by atoms with Crippen LogP contribution in [-0.4, -0.2) is 5.51 Å². The molecule has 0 radical (unpaired) electrons. The van der Waals surface area contributed by atoms with Crippen molar-refractivity contribution >= 4 is 23.1 Å². The lowest BCUT2D eigenvalue weighted by Crippen LogP contribution is -2.03. The number of rotatable bonds is 1. The summed E-state index contributed by atoms with van der Waals surface area (Å²) in [5.41, 5.74) is 7.51. The molecular formula is C8H9F3N2S. The number of hydrogen-bond acceptors (Lipinski definition) is 3. The second kappa shape index (κ2) is 3.61. The van der Waals surface area contributed by atoms with Crippen molar-refractivity contribution in [3.8, 4) is 0 Å². The monoisotopic (exact) mass is 222 g/mol. The summed E-state index contributed by atoms with van der Waals surface area (Å²) in [5.74, 6) is 0.